The summed E-state index contributed by atoms with van der Waals surface area (Å²) >= 11 is 2.19. The number of piperidine rings is 1. The van der Waals surface area contributed by atoms with Crippen LogP contribution in [0.15, 0.2) is 0 Å². The molecule has 1 aliphatic rings. The molecule has 5 heteroatoms. The van der Waals surface area contributed by atoms with Gasteiger partial charge in [-0.15, -0.1) is 0 Å². The van der Waals surface area contributed by atoms with E-state index >= 15 is 0 Å². The number of rotatable bonds is 1. The van der Waals surface area contributed by atoms with Gasteiger partial charge in [0.2, 0.25) is 0 Å². The van der Waals surface area contributed by atoms with Crippen molar-refractivity contribution >= 4 is 15.9 Å². The smallest absolute Gasteiger partial charge is 0.329 e. The molecule has 1 fully saturated rings. The molecule has 11 heavy (non-hydrogen) atoms. The Morgan fingerprint density at radius 2 is 1.82 bits per heavy atom. The lowest BCUT2D eigenvalue weighted by Crippen LogP contribution is -2.51. The molecule has 0 aromatic rings. The molecule has 0 radical (unpaired) electrons. The SMILES string of the molecule is OC1(C(F)(F)Br)CCNCC1. The van der Waals surface area contributed by atoms with Crippen LogP contribution in [0.4, 0.5) is 8.78 Å². The van der Waals surface area contributed by atoms with Gasteiger partial charge < -0.3 is 10.4 Å². The molecule has 1 heterocycles. The Labute approximate surface area is 72.1 Å². The summed E-state index contributed by atoms with van der Waals surface area (Å²) in [7, 11) is 0. The summed E-state index contributed by atoms with van der Waals surface area (Å²) in [6.45, 7) is 0.884. The van der Waals surface area contributed by atoms with E-state index in [-0.39, 0.29) is 12.8 Å². The van der Waals surface area contributed by atoms with E-state index in [2.05, 4.69) is 21.2 Å². The molecule has 1 aliphatic heterocycles. The van der Waals surface area contributed by atoms with Crippen LogP contribution >= 0.6 is 15.9 Å². The van der Waals surface area contributed by atoms with Crippen LogP contribution in [0.1, 0.15) is 12.8 Å². The maximum atomic E-state index is 12.6. The van der Waals surface area contributed by atoms with E-state index < -0.39 is 10.4 Å². The van der Waals surface area contributed by atoms with Gasteiger partial charge in [-0.2, -0.15) is 8.78 Å². The molecule has 0 amide bonds. The second-order valence-corrected chi connectivity index (χ2v) is 3.78. The third kappa shape index (κ3) is 1.89. The van der Waals surface area contributed by atoms with Crippen LogP contribution in [0.5, 0.6) is 0 Å². The first-order chi connectivity index (χ1) is 4.96. The maximum absolute atomic E-state index is 12.6. The zero-order valence-electron chi connectivity index (χ0n) is 5.91. The lowest BCUT2D eigenvalue weighted by molar-refractivity contribution is -0.130. The van der Waals surface area contributed by atoms with Gasteiger partial charge in [-0.05, 0) is 41.9 Å². The minimum Gasteiger partial charge on any atom is -0.383 e. The number of nitrogens with one attached hydrogen (secondary N) is 1. The zero-order valence-corrected chi connectivity index (χ0v) is 7.50. The Bertz CT molecular complexity index is 142. The quantitative estimate of drug-likeness (QED) is 0.661. The highest BCUT2D eigenvalue weighted by molar-refractivity contribution is 9.10. The van der Waals surface area contributed by atoms with Gasteiger partial charge in [-0.1, -0.05) is 0 Å². The lowest BCUT2D eigenvalue weighted by atomic mass is 9.93. The predicted octanol–water partition coefficient (Wildman–Crippen LogP) is 1.09. The molecule has 0 aliphatic carbocycles. The Kier molecular flexibility index (Phi) is 2.51. The third-order valence-corrected chi connectivity index (χ3v) is 2.70. The summed E-state index contributed by atoms with van der Waals surface area (Å²) in [5.74, 6) is 0. The summed E-state index contributed by atoms with van der Waals surface area (Å²) in [5.41, 5.74) is -1.86. The van der Waals surface area contributed by atoms with Crippen molar-refractivity contribution in [3.8, 4) is 0 Å². The average molecular weight is 230 g/mol. The fraction of sp³-hybridized carbons (Fsp3) is 1.00. The first-order valence-electron chi connectivity index (χ1n) is 3.45. The van der Waals surface area contributed by atoms with Gasteiger partial charge in [-0.3, -0.25) is 0 Å². The zero-order chi connectivity index (χ0) is 8.54. The number of aliphatic hydroxyl groups is 1. The maximum Gasteiger partial charge on any atom is 0.329 e. The van der Waals surface area contributed by atoms with Crippen LogP contribution in [-0.4, -0.2) is 28.6 Å². The fourth-order valence-electron chi connectivity index (χ4n) is 1.12. The third-order valence-electron chi connectivity index (χ3n) is 1.96. The van der Waals surface area contributed by atoms with Crippen LogP contribution in [0, 0.1) is 0 Å². The van der Waals surface area contributed by atoms with Crippen LogP contribution in [0.25, 0.3) is 0 Å². The van der Waals surface area contributed by atoms with Crippen molar-refractivity contribution in [2.24, 2.45) is 0 Å². The first kappa shape index (κ1) is 9.35. The molecule has 0 aromatic heterocycles. The highest BCUT2D eigenvalue weighted by atomic mass is 79.9. The van der Waals surface area contributed by atoms with E-state index in [0.29, 0.717) is 13.1 Å². The molecule has 2 N–H and O–H groups in total. The molecule has 0 spiro atoms. The molecule has 1 rings (SSSR count). The van der Waals surface area contributed by atoms with Gasteiger partial charge >= 0.3 is 4.83 Å². The fourth-order valence-corrected chi connectivity index (χ4v) is 1.52. The van der Waals surface area contributed by atoms with Gasteiger partial charge in [-0.25, -0.2) is 0 Å². The molecule has 0 atom stereocenters. The van der Waals surface area contributed by atoms with E-state index in [4.69, 9.17) is 0 Å². The molecule has 66 valence electrons. The van der Waals surface area contributed by atoms with Crippen molar-refractivity contribution in [2.45, 2.75) is 23.3 Å². The van der Waals surface area contributed by atoms with Crippen molar-refractivity contribution in [1.29, 1.82) is 0 Å². The molecule has 0 bridgehead atoms. The topological polar surface area (TPSA) is 32.3 Å². The van der Waals surface area contributed by atoms with Crippen LogP contribution in [-0.2, 0) is 0 Å². The molecule has 1 saturated heterocycles. The van der Waals surface area contributed by atoms with E-state index in [0.717, 1.165) is 0 Å². The van der Waals surface area contributed by atoms with Gasteiger partial charge in [0.1, 0.15) is 5.60 Å². The minimum atomic E-state index is -3.16. The predicted molar refractivity (Wildman–Crippen MR) is 40.9 cm³/mol. The Morgan fingerprint density at radius 1 is 1.36 bits per heavy atom. The van der Waals surface area contributed by atoms with Crippen LogP contribution < -0.4 is 5.32 Å². The van der Waals surface area contributed by atoms with E-state index in [1.807, 2.05) is 0 Å². The van der Waals surface area contributed by atoms with Crippen molar-refractivity contribution in [2.75, 3.05) is 13.1 Å². The Hall–Kier alpha value is 0.260. The molecule has 2 nitrogen and oxygen atoms in total. The summed E-state index contributed by atoms with van der Waals surface area (Å²) in [5, 5.41) is 12.3. The van der Waals surface area contributed by atoms with Crippen LogP contribution in [0.3, 0.4) is 0 Å². The van der Waals surface area contributed by atoms with Crippen molar-refractivity contribution in [3.05, 3.63) is 0 Å². The minimum absolute atomic E-state index is 0.0885. The number of alkyl halides is 3. The van der Waals surface area contributed by atoms with Gasteiger partial charge in [0.05, 0.1) is 0 Å². The summed E-state index contributed by atoms with van der Waals surface area (Å²) in [6.07, 6.45) is 0.177. The van der Waals surface area contributed by atoms with Crippen molar-refractivity contribution in [3.63, 3.8) is 0 Å². The highest BCUT2D eigenvalue weighted by Crippen LogP contribution is 2.40. The van der Waals surface area contributed by atoms with Crippen molar-refractivity contribution in [1.82, 2.24) is 5.32 Å². The normalized spacial score (nSPS) is 25.1. The first-order valence-corrected chi connectivity index (χ1v) is 4.25. The molecular weight excluding hydrogens is 220 g/mol. The lowest BCUT2D eigenvalue weighted by Gasteiger charge is -2.35. The molecule has 0 saturated carbocycles. The second-order valence-electron chi connectivity index (χ2n) is 2.78. The summed E-state index contributed by atoms with van der Waals surface area (Å²) in [4.78, 5) is -3.16. The van der Waals surface area contributed by atoms with Gasteiger partial charge in [0, 0.05) is 0 Å². The Balaban J connectivity index is 2.64. The summed E-state index contributed by atoms with van der Waals surface area (Å²) in [6, 6.07) is 0. The number of halogens is 3. The van der Waals surface area contributed by atoms with E-state index in [9.17, 15) is 13.9 Å². The molecule has 0 aromatic carbocycles. The standard InChI is InChI=1S/C6H10BrF2NO/c7-6(8,9)5(11)1-3-10-4-2-5/h10-11H,1-4H2. The second kappa shape index (κ2) is 2.95. The van der Waals surface area contributed by atoms with Gasteiger partial charge in [0.25, 0.3) is 0 Å². The average Bonchev–Trinajstić information content (AvgIpc) is 1.87. The highest BCUT2D eigenvalue weighted by Gasteiger charge is 2.50. The Morgan fingerprint density at radius 3 is 2.09 bits per heavy atom. The van der Waals surface area contributed by atoms with Gasteiger partial charge in [0.15, 0.2) is 0 Å². The van der Waals surface area contributed by atoms with E-state index in [1.165, 1.54) is 0 Å². The van der Waals surface area contributed by atoms with Crippen molar-refractivity contribution < 1.29 is 13.9 Å². The monoisotopic (exact) mass is 229 g/mol. The largest absolute Gasteiger partial charge is 0.383 e. The number of hydrogen-bond acceptors (Lipinski definition) is 2. The number of hydrogen-bond donors (Lipinski definition) is 2. The molecule has 0 unspecified atom stereocenters. The molecular formula is C6H10BrF2NO. The summed E-state index contributed by atoms with van der Waals surface area (Å²) < 4.78 is 25.3. The van der Waals surface area contributed by atoms with Crippen LogP contribution in [0.2, 0.25) is 0 Å². The van der Waals surface area contributed by atoms with E-state index in [1.54, 1.807) is 0 Å².